The lowest BCUT2D eigenvalue weighted by Crippen LogP contribution is -2.48. The third kappa shape index (κ3) is 4.57. The number of benzene rings is 2. The van der Waals surface area contributed by atoms with E-state index in [1.165, 1.54) is 17.0 Å². The number of hydrogen-bond acceptors (Lipinski definition) is 6. The molecule has 1 aliphatic rings. The lowest BCUT2D eigenvalue weighted by molar-refractivity contribution is 0.116. The first-order valence-electron chi connectivity index (χ1n) is 11.0. The van der Waals surface area contributed by atoms with Gasteiger partial charge in [-0.3, -0.25) is 13.8 Å². The molecule has 2 amide bonds. The monoisotopic (exact) mass is 518 g/mol. The molecule has 0 aliphatic carbocycles. The van der Waals surface area contributed by atoms with Crippen LogP contribution in [0.5, 0.6) is 0 Å². The van der Waals surface area contributed by atoms with Crippen molar-refractivity contribution in [1.82, 2.24) is 24.9 Å². The Morgan fingerprint density at radius 3 is 2.67 bits per heavy atom. The van der Waals surface area contributed by atoms with Gasteiger partial charge in [-0.15, -0.1) is 10.2 Å². The maximum atomic E-state index is 15.2. The Bertz CT molecular complexity index is 1450. The Hall–Kier alpha value is -3.74. The van der Waals surface area contributed by atoms with E-state index in [4.69, 9.17) is 4.42 Å². The number of halogens is 3. The molecular formula is C23H21F3N6O3S. The number of nitrogens with zero attached hydrogens (tertiary/aromatic N) is 6. The maximum absolute atomic E-state index is 15.2. The number of hydrogen-bond donors (Lipinski definition) is 0. The van der Waals surface area contributed by atoms with Crippen LogP contribution >= 0.6 is 0 Å². The Morgan fingerprint density at radius 1 is 1.19 bits per heavy atom. The number of aryl methyl sites for hydroxylation is 1. The van der Waals surface area contributed by atoms with Gasteiger partial charge in [-0.25, -0.2) is 9.18 Å². The van der Waals surface area contributed by atoms with Crippen LogP contribution in [-0.2, 0) is 24.4 Å². The van der Waals surface area contributed by atoms with Crippen molar-refractivity contribution in [1.29, 1.82) is 0 Å². The highest BCUT2D eigenvalue weighted by atomic mass is 32.2. The predicted octanol–water partition coefficient (Wildman–Crippen LogP) is 3.89. The second kappa shape index (κ2) is 9.72. The molecule has 36 heavy (non-hydrogen) atoms. The van der Waals surface area contributed by atoms with Crippen molar-refractivity contribution in [2.24, 2.45) is 7.05 Å². The Morgan fingerprint density at radius 2 is 1.97 bits per heavy atom. The zero-order valence-electron chi connectivity index (χ0n) is 19.1. The standard InChI is InChI=1S/C23H21F3N6O3S/c1-30-18-3-2-4-19(16(18)12-27-30)32(23(33)31-7-9-36(34)10-8-31)13-15-6-5-14(11-17(15)24)21-28-29-22(35-21)20(25)26/h2-6,11-12,20H,7-10,13H2,1H3. The summed E-state index contributed by atoms with van der Waals surface area (Å²) in [5.41, 5.74) is 1.69. The molecule has 5 rings (SSSR count). The smallest absolute Gasteiger partial charge is 0.324 e. The molecule has 0 saturated carbocycles. The molecule has 1 fully saturated rings. The van der Waals surface area contributed by atoms with Crippen LogP contribution in [0.25, 0.3) is 22.4 Å². The average molecular weight is 519 g/mol. The summed E-state index contributed by atoms with van der Waals surface area (Å²) < 4.78 is 59.2. The number of carbonyl (C=O) groups is 1. The number of anilines is 1. The van der Waals surface area contributed by atoms with Gasteiger partial charge in [0.05, 0.1) is 23.9 Å². The van der Waals surface area contributed by atoms with Gasteiger partial charge in [0.25, 0.3) is 5.89 Å². The van der Waals surface area contributed by atoms with Crippen LogP contribution in [0.15, 0.2) is 47.0 Å². The molecule has 0 atom stereocenters. The maximum Gasteiger partial charge on any atom is 0.324 e. The lowest BCUT2D eigenvalue weighted by Gasteiger charge is -2.33. The van der Waals surface area contributed by atoms with Crippen LogP contribution in [0.4, 0.5) is 23.7 Å². The van der Waals surface area contributed by atoms with E-state index in [2.05, 4.69) is 15.3 Å². The van der Waals surface area contributed by atoms with Crippen molar-refractivity contribution in [3.05, 3.63) is 59.9 Å². The van der Waals surface area contributed by atoms with Crippen LogP contribution in [0.1, 0.15) is 17.9 Å². The SMILES string of the molecule is Cn1ncc2c(N(Cc3ccc(-c4nnc(C(F)F)o4)cc3F)C(=O)N3CCS(=O)CC3)cccc21. The predicted molar refractivity (Wildman–Crippen MR) is 126 cm³/mol. The fourth-order valence-electron chi connectivity index (χ4n) is 4.07. The second-order valence-corrected chi connectivity index (χ2v) is 9.93. The van der Waals surface area contributed by atoms with E-state index in [0.717, 1.165) is 17.0 Å². The molecule has 0 radical (unpaired) electrons. The lowest BCUT2D eigenvalue weighted by atomic mass is 10.1. The van der Waals surface area contributed by atoms with Crippen molar-refractivity contribution in [3.63, 3.8) is 0 Å². The highest BCUT2D eigenvalue weighted by Gasteiger charge is 2.28. The van der Waals surface area contributed by atoms with Gasteiger partial charge in [0.1, 0.15) is 5.82 Å². The Balaban J connectivity index is 1.50. The first-order valence-corrected chi connectivity index (χ1v) is 12.5. The van der Waals surface area contributed by atoms with E-state index in [-0.39, 0.29) is 29.6 Å². The van der Waals surface area contributed by atoms with Crippen LogP contribution in [0.2, 0.25) is 0 Å². The highest BCUT2D eigenvalue weighted by molar-refractivity contribution is 7.85. The first-order chi connectivity index (χ1) is 17.3. The van der Waals surface area contributed by atoms with Crippen LogP contribution in [0, 0.1) is 5.82 Å². The third-order valence-corrected chi connectivity index (χ3v) is 7.27. The van der Waals surface area contributed by atoms with Crippen molar-refractivity contribution < 1.29 is 26.6 Å². The summed E-state index contributed by atoms with van der Waals surface area (Å²) in [6, 6.07) is 9.11. The summed E-state index contributed by atoms with van der Waals surface area (Å²) in [6.07, 6.45) is -1.29. The Kier molecular flexibility index (Phi) is 6.48. The minimum absolute atomic E-state index is 0.106. The Labute approximate surface area is 206 Å². The highest BCUT2D eigenvalue weighted by Crippen LogP contribution is 2.31. The summed E-state index contributed by atoms with van der Waals surface area (Å²) in [5, 5.41) is 11.8. The number of alkyl halides is 2. The minimum atomic E-state index is -2.93. The van der Waals surface area contributed by atoms with Gasteiger partial charge >= 0.3 is 12.5 Å². The van der Waals surface area contributed by atoms with Crippen molar-refractivity contribution >= 4 is 33.4 Å². The van der Waals surface area contributed by atoms with E-state index >= 15 is 4.39 Å². The third-order valence-electron chi connectivity index (χ3n) is 5.99. The van der Waals surface area contributed by atoms with Gasteiger partial charge in [-0.05, 0) is 24.3 Å². The van der Waals surface area contributed by atoms with Crippen molar-refractivity contribution in [2.45, 2.75) is 13.0 Å². The number of aromatic nitrogens is 4. The van der Waals surface area contributed by atoms with E-state index in [9.17, 15) is 17.8 Å². The normalized spacial score (nSPS) is 14.6. The molecule has 0 spiro atoms. The molecule has 1 saturated heterocycles. The van der Waals surface area contributed by atoms with Gasteiger partial charge in [-0.1, -0.05) is 12.1 Å². The first kappa shape index (κ1) is 24.0. The molecule has 188 valence electrons. The van der Waals surface area contributed by atoms with E-state index in [0.29, 0.717) is 30.3 Å². The van der Waals surface area contributed by atoms with E-state index < -0.39 is 28.9 Å². The van der Waals surface area contributed by atoms with Crippen LogP contribution in [0.3, 0.4) is 0 Å². The summed E-state index contributed by atoms with van der Waals surface area (Å²) >= 11 is 0. The summed E-state index contributed by atoms with van der Waals surface area (Å²) in [5.74, 6) is -0.988. The number of carbonyl (C=O) groups excluding carboxylic acids is 1. The molecule has 3 heterocycles. The summed E-state index contributed by atoms with van der Waals surface area (Å²) in [7, 11) is 0.815. The molecule has 4 aromatic rings. The van der Waals surface area contributed by atoms with Crippen molar-refractivity contribution in [3.8, 4) is 11.5 Å². The van der Waals surface area contributed by atoms with Gasteiger partial charge in [0.15, 0.2) is 0 Å². The van der Waals surface area contributed by atoms with E-state index in [1.807, 2.05) is 6.07 Å². The molecule has 0 bridgehead atoms. The largest absolute Gasteiger partial charge is 0.415 e. The summed E-state index contributed by atoms with van der Waals surface area (Å²) in [4.78, 5) is 16.7. The molecule has 0 N–H and O–H groups in total. The van der Waals surface area contributed by atoms with Gasteiger partial charge in [-0.2, -0.15) is 13.9 Å². The second-order valence-electron chi connectivity index (χ2n) is 8.23. The van der Waals surface area contributed by atoms with Crippen LogP contribution in [-0.4, -0.2) is 59.7 Å². The molecule has 2 aromatic heterocycles. The zero-order chi connectivity index (χ0) is 25.4. The number of urea groups is 1. The summed E-state index contributed by atoms with van der Waals surface area (Å²) in [6.45, 7) is 0.552. The van der Waals surface area contributed by atoms with Crippen molar-refractivity contribution in [2.75, 3.05) is 29.5 Å². The quantitative estimate of drug-likeness (QED) is 0.398. The molecule has 9 nitrogen and oxygen atoms in total. The molecule has 13 heteroatoms. The fraction of sp³-hybridized carbons (Fsp3) is 0.304. The van der Waals surface area contributed by atoms with Gasteiger partial charge in [0, 0.05) is 59.0 Å². The number of rotatable bonds is 5. The molecular weight excluding hydrogens is 497 g/mol. The molecule has 2 aromatic carbocycles. The topological polar surface area (TPSA) is 97.4 Å². The fourth-order valence-corrected chi connectivity index (χ4v) is 5.12. The number of fused-ring (bicyclic) bond motifs is 1. The molecule has 1 aliphatic heterocycles. The zero-order valence-corrected chi connectivity index (χ0v) is 19.9. The van der Waals surface area contributed by atoms with E-state index in [1.54, 1.807) is 35.0 Å². The number of amides is 2. The minimum Gasteiger partial charge on any atom is -0.415 e. The average Bonchev–Trinajstić information content (AvgIpc) is 3.51. The van der Waals surface area contributed by atoms with Crippen LogP contribution < -0.4 is 4.90 Å². The van der Waals surface area contributed by atoms with Gasteiger partial charge in [0.2, 0.25) is 5.89 Å². The molecule has 0 unspecified atom stereocenters. The van der Waals surface area contributed by atoms with Gasteiger partial charge < -0.3 is 9.32 Å².